The van der Waals surface area contributed by atoms with Crippen LogP contribution >= 0.6 is 11.8 Å². The Morgan fingerprint density at radius 2 is 2.18 bits per heavy atom. The molecular formula is C12H16N2O2S. The van der Waals surface area contributed by atoms with Gasteiger partial charge in [-0.15, -0.1) is 0 Å². The van der Waals surface area contributed by atoms with E-state index in [0.717, 1.165) is 17.9 Å². The summed E-state index contributed by atoms with van der Waals surface area (Å²) >= 11 is 1.71. The van der Waals surface area contributed by atoms with Gasteiger partial charge >= 0.3 is 6.03 Å². The molecule has 2 amide bonds. The van der Waals surface area contributed by atoms with Gasteiger partial charge in [-0.25, -0.2) is 4.79 Å². The number of hydrogen-bond acceptors (Lipinski definition) is 3. The van der Waals surface area contributed by atoms with Crippen molar-refractivity contribution in [3.05, 3.63) is 30.3 Å². The number of benzene rings is 1. The van der Waals surface area contributed by atoms with Crippen molar-refractivity contribution >= 4 is 23.5 Å². The van der Waals surface area contributed by atoms with E-state index in [1.54, 1.807) is 11.8 Å². The number of nitrogens with one attached hydrogen (secondary N) is 2. The molecular weight excluding hydrogens is 236 g/mol. The van der Waals surface area contributed by atoms with Crippen LogP contribution in [0.25, 0.3) is 0 Å². The van der Waals surface area contributed by atoms with E-state index in [1.165, 1.54) is 0 Å². The molecule has 5 heteroatoms. The lowest BCUT2D eigenvalue weighted by Crippen LogP contribution is -2.44. The molecule has 1 heterocycles. The van der Waals surface area contributed by atoms with Crippen LogP contribution in [-0.2, 0) is 0 Å². The minimum atomic E-state index is -0.737. The molecule has 0 aromatic heterocycles. The van der Waals surface area contributed by atoms with Crippen molar-refractivity contribution in [3.8, 4) is 0 Å². The first-order chi connectivity index (χ1) is 8.18. The molecule has 0 bridgehead atoms. The third-order valence-corrected chi connectivity index (χ3v) is 3.93. The number of para-hydroxylation sites is 1. The number of amides is 2. The normalized spacial score (nSPS) is 23.4. The van der Waals surface area contributed by atoms with Crippen molar-refractivity contribution in [2.45, 2.75) is 12.0 Å². The van der Waals surface area contributed by atoms with Crippen LogP contribution in [0.1, 0.15) is 6.42 Å². The first kappa shape index (κ1) is 12.3. The number of anilines is 1. The second-order valence-electron chi connectivity index (χ2n) is 4.20. The SMILES string of the molecule is O=C(NCC1(O)CCSC1)Nc1ccccc1. The van der Waals surface area contributed by atoms with Gasteiger partial charge in [0.15, 0.2) is 0 Å². The Morgan fingerprint density at radius 1 is 1.41 bits per heavy atom. The summed E-state index contributed by atoms with van der Waals surface area (Å²) in [5.74, 6) is 1.65. The van der Waals surface area contributed by atoms with Gasteiger partial charge in [0.1, 0.15) is 0 Å². The Kier molecular flexibility index (Phi) is 3.91. The summed E-state index contributed by atoms with van der Waals surface area (Å²) in [6.45, 7) is 0.304. The maximum atomic E-state index is 11.6. The summed E-state index contributed by atoms with van der Waals surface area (Å²) in [6.07, 6.45) is 0.739. The van der Waals surface area contributed by atoms with Gasteiger partial charge in [0.05, 0.1) is 5.60 Å². The highest BCUT2D eigenvalue weighted by Crippen LogP contribution is 2.26. The van der Waals surface area contributed by atoms with E-state index in [1.807, 2.05) is 30.3 Å². The Balaban J connectivity index is 1.78. The standard InChI is InChI=1S/C12H16N2O2S/c15-11(14-10-4-2-1-3-5-10)13-8-12(16)6-7-17-9-12/h1-5,16H,6-9H2,(H2,13,14,15). The van der Waals surface area contributed by atoms with Gasteiger partial charge in [0, 0.05) is 18.0 Å². The lowest BCUT2D eigenvalue weighted by Gasteiger charge is -2.21. The predicted octanol–water partition coefficient (Wildman–Crippen LogP) is 1.68. The topological polar surface area (TPSA) is 61.4 Å². The van der Waals surface area contributed by atoms with E-state index < -0.39 is 5.60 Å². The fourth-order valence-corrected chi connectivity index (χ4v) is 2.97. The molecule has 1 aromatic rings. The fraction of sp³-hybridized carbons (Fsp3) is 0.417. The molecule has 1 unspecified atom stereocenters. The molecule has 0 aliphatic carbocycles. The minimum absolute atomic E-state index is 0.276. The first-order valence-corrected chi connectivity index (χ1v) is 6.73. The van der Waals surface area contributed by atoms with Crippen molar-refractivity contribution in [1.29, 1.82) is 0 Å². The molecule has 0 spiro atoms. The average Bonchev–Trinajstić information content (AvgIpc) is 2.76. The zero-order valence-corrected chi connectivity index (χ0v) is 10.3. The highest BCUT2D eigenvalue weighted by Gasteiger charge is 2.31. The van der Waals surface area contributed by atoms with Crippen LogP contribution in [-0.4, -0.2) is 34.8 Å². The van der Waals surface area contributed by atoms with Gasteiger partial charge < -0.3 is 15.7 Å². The number of urea groups is 1. The smallest absolute Gasteiger partial charge is 0.319 e. The number of aliphatic hydroxyl groups is 1. The zero-order valence-electron chi connectivity index (χ0n) is 9.48. The quantitative estimate of drug-likeness (QED) is 0.767. The highest BCUT2D eigenvalue weighted by molar-refractivity contribution is 7.99. The average molecular weight is 252 g/mol. The second kappa shape index (κ2) is 5.42. The van der Waals surface area contributed by atoms with E-state index in [2.05, 4.69) is 10.6 Å². The molecule has 1 aliphatic heterocycles. The van der Waals surface area contributed by atoms with Crippen LogP contribution in [0.3, 0.4) is 0 Å². The summed E-state index contributed by atoms with van der Waals surface area (Å²) in [5.41, 5.74) is 0.0105. The molecule has 92 valence electrons. The molecule has 0 radical (unpaired) electrons. The molecule has 1 atom stereocenters. The molecule has 4 nitrogen and oxygen atoms in total. The summed E-state index contributed by atoms with van der Waals surface area (Å²) in [5, 5.41) is 15.5. The van der Waals surface area contributed by atoms with Gasteiger partial charge in [0.2, 0.25) is 0 Å². The Morgan fingerprint density at radius 3 is 2.82 bits per heavy atom. The van der Waals surface area contributed by atoms with Crippen molar-refractivity contribution < 1.29 is 9.90 Å². The molecule has 1 aliphatic rings. The molecule has 2 rings (SSSR count). The van der Waals surface area contributed by atoms with Gasteiger partial charge in [0.25, 0.3) is 0 Å². The summed E-state index contributed by atoms with van der Waals surface area (Å²) < 4.78 is 0. The van der Waals surface area contributed by atoms with Crippen LogP contribution in [0.2, 0.25) is 0 Å². The predicted molar refractivity (Wildman–Crippen MR) is 70.4 cm³/mol. The highest BCUT2D eigenvalue weighted by atomic mass is 32.2. The van der Waals surface area contributed by atoms with Crippen molar-refractivity contribution in [3.63, 3.8) is 0 Å². The van der Waals surface area contributed by atoms with Gasteiger partial charge in [-0.05, 0) is 24.3 Å². The Hall–Kier alpha value is -1.20. The lowest BCUT2D eigenvalue weighted by atomic mass is 10.0. The Bertz CT molecular complexity index is 377. The van der Waals surface area contributed by atoms with E-state index in [-0.39, 0.29) is 6.03 Å². The maximum Gasteiger partial charge on any atom is 0.319 e. The van der Waals surface area contributed by atoms with Crippen LogP contribution in [0.5, 0.6) is 0 Å². The molecule has 1 saturated heterocycles. The van der Waals surface area contributed by atoms with E-state index in [0.29, 0.717) is 12.3 Å². The molecule has 1 fully saturated rings. The fourth-order valence-electron chi connectivity index (χ4n) is 1.68. The van der Waals surface area contributed by atoms with Crippen molar-refractivity contribution in [2.75, 3.05) is 23.4 Å². The lowest BCUT2D eigenvalue weighted by molar-refractivity contribution is 0.0706. The second-order valence-corrected chi connectivity index (χ2v) is 5.31. The summed E-state index contributed by atoms with van der Waals surface area (Å²) in [4.78, 5) is 11.6. The van der Waals surface area contributed by atoms with E-state index in [4.69, 9.17) is 0 Å². The van der Waals surface area contributed by atoms with Gasteiger partial charge in [-0.2, -0.15) is 11.8 Å². The molecule has 1 aromatic carbocycles. The maximum absolute atomic E-state index is 11.6. The number of hydrogen-bond donors (Lipinski definition) is 3. The van der Waals surface area contributed by atoms with Crippen LogP contribution < -0.4 is 10.6 Å². The minimum Gasteiger partial charge on any atom is -0.387 e. The molecule has 17 heavy (non-hydrogen) atoms. The van der Waals surface area contributed by atoms with E-state index >= 15 is 0 Å². The number of rotatable bonds is 3. The van der Waals surface area contributed by atoms with Crippen molar-refractivity contribution in [1.82, 2.24) is 5.32 Å². The molecule has 0 saturated carbocycles. The third kappa shape index (κ3) is 3.64. The van der Waals surface area contributed by atoms with Crippen molar-refractivity contribution in [2.24, 2.45) is 0 Å². The number of carbonyl (C=O) groups is 1. The monoisotopic (exact) mass is 252 g/mol. The summed E-state index contributed by atoms with van der Waals surface area (Å²) in [7, 11) is 0. The van der Waals surface area contributed by atoms with Crippen LogP contribution in [0, 0.1) is 0 Å². The van der Waals surface area contributed by atoms with Gasteiger partial charge in [-0.1, -0.05) is 18.2 Å². The zero-order chi connectivity index (χ0) is 12.1. The first-order valence-electron chi connectivity index (χ1n) is 5.58. The Labute approximate surface area is 105 Å². The largest absolute Gasteiger partial charge is 0.387 e. The summed E-state index contributed by atoms with van der Waals surface area (Å²) in [6, 6.07) is 8.97. The van der Waals surface area contributed by atoms with Crippen LogP contribution in [0.15, 0.2) is 30.3 Å². The van der Waals surface area contributed by atoms with Gasteiger partial charge in [-0.3, -0.25) is 0 Å². The number of carbonyl (C=O) groups excluding carboxylic acids is 1. The van der Waals surface area contributed by atoms with E-state index in [9.17, 15) is 9.90 Å². The third-order valence-electron chi connectivity index (χ3n) is 2.69. The number of thioether (sulfide) groups is 1. The van der Waals surface area contributed by atoms with Crippen LogP contribution in [0.4, 0.5) is 10.5 Å². The molecule has 3 N–H and O–H groups in total.